The number of methoxy groups -OCH3 is 1. The molecule has 0 aromatic heterocycles. The molecule has 3 aromatic rings. The highest BCUT2D eigenvalue weighted by molar-refractivity contribution is 6.05. The second kappa shape index (κ2) is 13.7. The van der Waals surface area contributed by atoms with E-state index in [1.807, 2.05) is 48.5 Å². The number of morpholine rings is 1. The SMILES string of the molecule is COCCCOCc1ccc(C(=O)Nc2ccc(-c3ccccc3)cc2)cc1NC(=O)CN1CC2CCC(C1)O2. The Labute approximate surface area is 235 Å². The zero-order valence-corrected chi connectivity index (χ0v) is 22.9. The monoisotopic (exact) mass is 543 g/mol. The molecule has 210 valence electrons. The number of anilines is 2. The predicted molar refractivity (Wildman–Crippen MR) is 155 cm³/mol. The van der Waals surface area contributed by atoms with E-state index in [1.54, 1.807) is 19.2 Å². The topological polar surface area (TPSA) is 89.1 Å². The Morgan fingerprint density at radius 2 is 1.62 bits per heavy atom. The number of benzene rings is 3. The molecular weight excluding hydrogens is 506 g/mol. The number of likely N-dealkylation sites (tertiary alicyclic amines) is 1. The van der Waals surface area contributed by atoms with Crippen LogP contribution >= 0.6 is 0 Å². The van der Waals surface area contributed by atoms with Crippen LogP contribution in [0.25, 0.3) is 11.1 Å². The molecule has 2 unspecified atom stereocenters. The van der Waals surface area contributed by atoms with Crippen molar-refractivity contribution in [2.24, 2.45) is 0 Å². The predicted octanol–water partition coefficient (Wildman–Crippen LogP) is 4.96. The molecule has 2 heterocycles. The second-order valence-corrected chi connectivity index (χ2v) is 10.4. The first-order valence-corrected chi connectivity index (χ1v) is 13.9. The van der Waals surface area contributed by atoms with Gasteiger partial charge < -0.3 is 24.8 Å². The van der Waals surface area contributed by atoms with Gasteiger partial charge in [-0.3, -0.25) is 14.5 Å². The third kappa shape index (κ3) is 7.55. The van der Waals surface area contributed by atoms with Gasteiger partial charge >= 0.3 is 0 Å². The minimum absolute atomic E-state index is 0.115. The molecule has 40 heavy (non-hydrogen) atoms. The summed E-state index contributed by atoms with van der Waals surface area (Å²) in [6, 6.07) is 23.2. The van der Waals surface area contributed by atoms with Crippen LogP contribution in [0.3, 0.4) is 0 Å². The van der Waals surface area contributed by atoms with Gasteiger partial charge in [0, 0.05) is 55.9 Å². The lowest BCUT2D eigenvalue weighted by Gasteiger charge is -2.31. The maximum atomic E-state index is 13.2. The molecule has 2 aliphatic heterocycles. The fraction of sp³-hybridized carbons (Fsp3) is 0.375. The first kappa shape index (κ1) is 28.0. The smallest absolute Gasteiger partial charge is 0.255 e. The van der Waals surface area contributed by atoms with Crippen LogP contribution < -0.4 is 10.6 Å². The molecule has 8 nitrogen and oxygen atoms in total. The van der Waals surface area contributed by atoms with Gasteiger partial charge in [0.05, 0.1) is 25.4 Å². The van der Waals surface area contributed by atoms with E-state index in [9.17, 15) is 9.59 Å². The Morgan fingerprint density at radius 1 is 0.900 bits per heavy atom. The first-order valence-electron chi connectivity index (χ1n) is 13.9. The molecule has 2 amide bonds. The van der Waals surface area contributed by atoms with Gasteiger partial charge in [0.25, 0.3) is 5.91 Å². The molecule has 2 bridgehead atoms. The minimum atomic E-state index is -0.250. The van der Waals surface area contributed by atoms with Crippen LogP contribution in [0.1, 0.15) is 35.2 Å². The number of nitrogens with zero attached hydrogens (tertiary/aromatic N) is 1. The average molecular weight is 544 g/mol. The number of carbonyl (C=O) groups excluding carboxylic acids is 2. The Balaban J connectivity index is 1.25. The molecule has 2 saturated heterocycles. The maximum absolute atomic E-state index is 13.2. The highest BCUT2D eigenvalue weighted by Gasteiger charge is 2.34. The highest BCUT2D eigenvalue weighted by atomic mass is 16.5. The Kier molecular flexibility index (Phi) is 9.57. The number of hydrogen-bond acceptors (Lipinski definition) is 6. The van der Waals surface area contributed by atoms with E-state index in [0.717, 1.165) is 49.0 Å². The van der Waals surface area contributed by atoms with Gasteiger partial charge in [0.1, 0.15) is 0 Å². The Hall–Kier alpha value is -3.56. The second-order valence-electron chi connectivity index (χ2n) is 10.4. The molecule has 0 aliphatic carbocycles. The zero-order chi connectivity index (χ0) is 27.7. The van der Waals surface area contributed by atoms with Crippen LogP contribution in [0.2, 0.25) is 0 Å². The van der Waals surface area contributed by atoms with Crippen LogP contribution in [0.15, 0.2) is 72.8 Å². The highest BCUT2D eigenvalue weighted by Crippen LogP contribution is 2.27. The van der Waals surface area contributed by atoms with Crippen molar-refractivity contribution in [1.29, 1.82) is 0 Å². The van der Waals surface area contributed by atoms with E-state index in [4.69, 9.17) is 14.2 Å². The van der Waals surface area contributed by atoms with Crippen molar-refractivity contribution >= 4 is 23.2 Å². The summed E-state index contributed by atoms with van der Waals surface area (Å²) in [6.07, 6.45) is 3.33. The van der Waals surface area contributed by atoms with Crippen molar-refractivity contribution in [2.75, 3.05) is 50.6 Å². The third-order valence-corrected chi connectivity index (χ3v) is 7.28. The van der Waals surface area contributed by atoms with Gasteiger partial charge in [-0.15, -0.1) is 0 Å². The molecule has 8 heteroatoms. The number of carbonyl (C=O) groups is 2. The quantitative estimate of drug-likeness (QED) is 0.314. The van der Waals surface area contributed by atoms with Crippen molar-refractivity contribution in [3.63, 3.8) is 0 Å². The number of nitrogens with one attached hydrogen (secondary N) is 2. The Morgan fingerprint density at radius 3 is 2.35 bits per heavy atom. The molecular formula is C32H37N3O5. The third-order valence-electron chi connectivity index (χ3n) is 7.28. The lowest BCUT2D eigenvalue weighted by Crippen LogP contribution is -2.45. The van der Waals surface area contributed by atoms with Crippen molar-refractivity contribution in [3.05, 3.63) is 83.9 Å². The molecule has 2 aliphatic rings. The molecule has 2 atom stereocenters. The summed E-state index contributed by atoms with van der Waals surface area (Å²) in [4.78, 5) is 28.4. The summed E-state index contributed by atoms with van der Waals surface area (Å²) in [5.74, 6) is -0.365. The summed E-state index contributed by atoms with van der Waals surface area (Å²) in [5.41, 5.74) is 4.74. The molecule has 3 aromatic carbocycles. The summed E-state index contributed by atoms with van der Waals surface area (Å²) in [5, 5.41) is 6.01. The van der Waals surface area contributed by atoms with E-state index in [2.05, 4.69) is 27.7 Å². The van der Waals surface area contributed by atoms with E-state index in [0.29, 0.717) is 36.8 Å². The van der Waals surface area contributed by atoms with Gasteiger partial charge in [0.2, 0.25) is 5.91 Å². The number of hydrogen-bond donors (Lipinski definition) is 2. The van der Waals surface area contributed by atoms with Gasteiger partial charge in [-0.2, -0.15) is 0 Å². The van der Waals surface area contributed by atoms with Crippen LogP contribution in [0.5, 0.6) is 0 Å². The summed E-state index contributed by atoms with van der Waals surface area (Å²) in [6.45, 7) is 3.31. The lowest BCUT2D eigenvalue weighted by atomic mass is 10.1. The van der Waals surface area contributed by atoms with Crippen molar-refractivity contribution < 1.29 is 23.8 Å². The fourth-order valence-corrected chi connectivity index (χ4v) is 5.25. The molecule has 0 spiro atoms. The number of rotatable bonds is 12. The van der Waals surface area contributed by atoms with Gasteiger partial charge in [-0.25, -0.2) is 0 Å². The summed E-state index contributed by atoms with van der Waals surface area (Å²) in [7, 11) is 1.66. The van der Waals surface area contributed by atoms with Crippen LogP contribution in [-0.2, 0) is 25.6 Å². The van der Waals surface area contributed by atoms with Crippen molar-refractivity contribution in [2.45, 2.75) is 38.1 Å². The van der Waals surface area contributed by atoms with E-state index >= 15 is 0 Å². The normalized spacial score (nSPS) is 18.4. The van der Waals surface area contributed by atoms with E-state index in [-0.39, 0.29) is 30.6 Å². The largest absolute Gasteiger partial charge is 0.385 e. The standard InChI is InChI=1S/C32H37N3O5/c1-38-16-5-17-39-22-26-9-8-25(18-30(26)34-31(36)21-35-19-28-14-15-29(20-35)40-28)32(37)33-27-12-10-24(11-13-27)23-6-3-2-4-7-23/h2-4,6-13,18,28-29H,5,14-17,19-22H2,1H3,(H,33,37)(H,34,36). The van der Waals surface area contributed by atoms with Crippen LogP contribution in [0.4, 0.5) is 11.4 Å². The zero-order valence-electron chi connectivity index (χ0n) is 22.9. The summed E-state index contributed by atoms with van der Waals surface area (Å²) >= 11 is 0. The number of ether oxygens (including phenoxy) is 3. The van der Waals surface area contributed by atoms with Gasteiger partial charge in [0.15, 0.2) is 0 Å². The molecule has 2 N–H and O–H groups in total. The van der Waals surface area contributed by atoms with E-state index in [1.165, 1.54) is 0 Å². The first-order chi connectivity index (χ1) is 19.6. The van der Waals surface area contributed by atoms with Crippen LogP contribution in [0, 0.1) is 0 Å². The molecule has 2 fully saturated rings. The molecule has 5 rings (SSSR count). The van der Waals surface area contributed by atoms with E-state index < -0.39 is 0 Å². The van der Waals surface area contributed by atoms with Crippen molar-refractivity contribution in [1.82, 2.24) is 4.90 Å². The summed E-state index contributed by atoms with van der Waals surface area (Å²) < 4.78 is 16.8. The fourth-order valence-electron chi connectivity index (χ4n) is 5.25. The Bertz CT molecular complexity index is 1270. The van der Waals surface area contributed by atoms with Crippen LogP contribution in [-0.4, -0.2) is 68.9 Å². The molecule has 0 saturated carbocycles. The minimum Gasteiger partial charge on any atom is -0.385 e. The lowest BCUT2D eigenvalue weighted by molar-refractivity contribution is -0.119. The maximum Gasteiger partial charge on any atom is 0.255 e. The average Bonchev–Trinajstić information content (AvgIpc) is 3.31. The molecule has 0 radical (unpaired) electrons. The number of amides is 2. The van der Waals surface area contributed by atoms with Gasteiger partial charge in [-0.1, -0.05) is 48.5 Å². The van der Waals surface area contributed by atoms with Crippen molar-refractivity contribution in [3.8, 4) is 11.1 Å². The number of fused-ring (bicyclic) bond motifs is 2. The van der Waals surface area contributed by atoms with Gasteiger partial charge in [-0.05, 0) is 54.7 Å².